The zero-order valence-electron chi connectivity index (χ0n) is 12.7. The first-order valence-electron chi connectivity index (χ1n) is 6.97. The number of aryl methyl sites for hydroxylation is 2. The Hall–Kier alpha value is -2.67. The summed E-state index contributed by atoms with van der Waals surface area (Å²) in [6.45, 7) is 2.42. The molecular formula is C15H15ClN6O. The third kappa shape index (κ3) is 3.57. The van der Waals surface area contributed by atoms with Gasteiger partial charge in [0.2, 0.25) is 5.95 Å². The van der Waals surface area contributed by atoms with Crippen LogP contribution in [0, 0.1) is 6.92 Å². The normalized spacial score (nSPS) is 10.7. The van der Waals surface area contributed by atoms with Gasteiger partial charge in [-0.25, -0.2) is 9.67 Å². The minimum Gasteiger partial charge on any atom is -0.288 e. The van der Waals surface area contributed by atoms with Crippen LogP contribution in [0.2, 0.25) is 5.02 Å². The predicted molar refractivity (Wildman–Crippen MR) is 86.5 cm³/mol. The minimum absolute atomic E-state index is 0.243. The van der Waals surface area contributed by atoms with Crippen molar-refractivity contribution in [1.29, 1.82) is 0 Å². The van der Waals surface area contributed by atoms with Crippen molar-refractivity contribution in [3.05, 3.63) is 58.6 Å². The van der Waals surface area contributed by atoms with E-state index in [-0.39, 0.29) is 11.9 Å². The molecule has 1 aromatic carbocycles. The van der Waals surface area contributed by atoms with Gasteiger partial charge >= 0.3 is 0 Å². The third-order valence-electron chi connectivity index (χ3n) is 3.37. The van der Waals surface area contributed by atoms with Gasteiger partial charge < -0.3 is 0 Å². The maximum absolute atomic E-state index is 12.1. The lowest BCUT2D eigenvalue weighted by Crippen LogP contribution is -2.14. The Labute approximate surface area is 137 Å². The van der Waals surface area contributed by atoms with Crippen LogP contribution in [-0.2, 0) is 13.6 Å². The van der Waals surface area contributed by atoms with Gasteiger partial charge in [0.15, 0.2) is 5.69 Å². The van der Waals surface area contributed by atoms with Crippen LogP contribution in [0.3, 0.4) is 0 Å². The minimum atomic E-state index is -0.335. The van der Waals surface area contributed by atoms with Gasteiger partial charge in [-0.2, -0.15) is 5.10 Å². The Morgan fingerprint density at radius 2 is 2.00 bits per heavy atom. The Morgan fingerprint density at radius 3 is 2.65 bits per heavy atom. The van der Waals surface area contributed by atoms with Gasteiger partial charge in [-0.3, -0.25) is 14.8 Å². The average molecular weight is 331 g/mol. The molecule has 0 aliphatic rings. The first-order chi connectivity index (χ1) is 11.0. The Kier molecular flexibility index (Phi) is 4.12. The summed E-state index contributed by atoms with van der Waals surface area (Å²) in [6.07, 6.45) is 1.56. The highest BCUT2D eigenvalue weighted by Gasteiger charge is 2.13. The summed E-state index contributed by atoms with van der Waals surface area (Å²) in [4.78, 5) is 16.2. The van der Waals surface area contributed by atoms with Crippen molar-refractivity contribution in [3.8, 4) is 0 Å². The molecule has 118 valence electrons. The molecule has 23 heavy (non-hydrogen) atoms. The highest BCUT2D eigenvalue weighted by Crippen LogP contribution is 2.11. The largest absolute Gasteiger partial charge is 0.288 e. The van der Waals surface area contributed by atoms with Gasteiger partial charge in [-0.1, -0.05) is 23.7 Å². The van der Waals surface area contributed by atoms with E-state index in [1.165, 1.54) is 0 Å². The third-order valence-corrected chi connectivity index (χ3v) is 3.62. The van der Waals surface area contributed by atoms with Crippen LogP contribution in [0.5, 0.6) is 0 Å². The maximum Gasteiger partial charge on any atom is 0.278 e. The molecule has 0 spiro atoms. The van der Waals surface area contributed by atoms with E-state index in [1.807, 2.05) is 31.2 Å². The Bertz CT molecular complexity index is 817. The Balaban J connectivity index is 1.67. The molecule has 1 amide bonds. The fourth-order valence-electron chi connectivity index (χ4n) is 2.04. The van der Waals surface area contributed by atoms with Gasteiger partial charge in [0, 0.05) is 17.8 Å². The van der Waals surface area contributed by atoms with Crippen molar-refractivity contribution < 1.29 is 4.79 Å². The topological polar surface area (TPSA) is 77.6 Å². The van der Waals surface area contributed by atoms with E-state index >= 15 is 0 Å². The number of anilines is 1. The number of rotatable bonds is 4. The summed E-state index contributed by atoms with van der Waals surface area (Å²) in [5.41, 5.74) is 2.27. The van der Waals surface area contributed by atoms with Crippen molar-refractivity contribution >= 4 is 23.5 Å². The summed E-state index contributed by atoms with van der Waals surface area (Å²) in [6, 6.07) is 9.18. The number of aromatic nitrogens is 5. The molecule has 2 aromatic heterocycles. The molecule has 0 unspecified atom stereocenters. The predicted octanol–water partition coefficient (Wildman–Crippen LogP) is 2.27. The summed E-state index contributed by atoms with van der Waals surface area (Å²) < 4.78 is 3.28. The molecule has 0 fully saturated rings. The van der Waals surface area contributed by atoms with Crippen molar-refractivity contribution in [2.45, 2.75) is 13.5 Å². The Morgan fingerprint density at radius 1 is 1.26 bits per heavy atom. The second kappa shape index (κ2) is 6.21. The molecule has 0 aliphatic carbocycles. The number of hydrogen-bond donors (Lipinski definition) is 1. The summed E-state index contributed by atoms with van der Waals surface area (Å²) >= 11 is 5.86. The highest BCUT2D eigenvalue weighted by atomic mass is 35.5. The molecule has 7 nitrogen and oxygen atoms in total. The molecule has 0 saturated carbocycles. The van der Waals surface area contributed by atoms with E-state index < -0.39 is 0 Å². The van der Waals surface area contributed by atoms with Crippen LogP contribution in [0.1, 0.15) is 21.7 Å². The molecule has 0 bridgehead atoms. The van der Waals surface area contributed by atoms with Crippen LogP contribution in [0.15, 0.2) is 36.7 Å². The van der Waals surface area contributed by atoms with Crippen LogP contribution >= 0.6 is 11.6 Å². The van der Waals surface area contributed by atoms with Crippen LogP contribution < -0.4 is 5.32 Å². The average Bonchev–Trinajstić information content (AvgIpc) is 3.09. The van der Waals surface area contributed by atoms with Crippen molar-refractivity contribution in [2.75, 3.05) is 5.32 Å². The van der Waals surface area contributed by atoms with Gasteiger partial charge in [0.1, 0.15) is 6.33 Å². The van der Waals surface area contributed by atoms with Gasteiger partial charge in [-0.05, 0) is 30.7 Å². The van der Waals surface area contributed by atoms with Gasteiger partial charge in [-0.15, -0.1) is 5.10 Å². The number of carbonyl (C=O) groups is 1. The molecule has 1 N–H and O–H groups in total. The molecule has 0 radical (unpaired) electrons. The quantitative estimate of drug-likeness (QED) is 0.796. The molecule has 0 saturated heterocycles. The van der Waals surface area contributed by atoms with Gasteiger partial charge in [0.05, 0.1) is 6.54 Å². The van der Waals surface area contributed by atoms with E-state index in [0.717, 1.165) is 11.3 Å². The van der Waals surface area contributed by atoms with Crippen LogP contribution in [0.4, 0.5) is 5.95 Å². The molecule has 0 atom stereocenters. The number of benzene rings is 1. The van der Waals surface area contributed by atoms with E-state index in [2.05, 4.69) is 20.5 Å². The number of amides is 1. The summed E-state index contributed by atoms with van der Waals surface area (Å²) in [7, 11) is 1.78. The molecule has 8 heteroatoms. The molecular weight excluding hydrogens is 316 g/mol. The highest BCUT2D eigenvalue weighted by molar-refractivity contribution is 6.30. The lowest BCUT2D eigenvalue weighted by molar-refractivity contribution is 0.102. The molecule has 0 aliphatic heterocycles. The van der Waals surface area contributed by atoms with Crippen molar-refractivity contribution in [3.63, 3.8) is 0 Å². The van der Waals surface area contributed by atoms with Gasteiger partial charge in [0.25, 0.3) is 5.91 Å². The number of nitrogens with one attached hydrogen (secondary N) is 1. The monoisotopic (exact) mass is 330 g/mol. The summed E-state index contributed by atoms with van der Waals surface area (Å²) in [5.74, 6) is -0.0924. The lowest BCUT2D eigenvalue weighted by atomic mass is 10.2. The standard InChI is InChI=1S/C15H15ClN6O/c1-10-7-13(19-21(10)2)14(23)18-15-17-9-22(20-15)8-11-3-5-12(16)6-4-11/h3-7,9H,8H2,1-2H3,(H,18,20,23). The van der Waals surface area contributed by atoms with Crippen molar-refractivity contribution in [1.82, 2.24) is 24.5 Å². The number of carbonyl (C=O) groups excluding carboxylic acids is 1. The fourth-order valence-corrected chi connectivity index (χ4v) is 2.17. The number of nitrogens with zero attached hydrogens (tertiary/aromatic N) is 5. The number of halogens is 1. The van der Waals surface area contributed by atoms with E-state index in [1.54, 1.807) is 28.8 Å². The fraction of sp³-hybridized carbons (Fsp3) is 0.200. The van der Waals surface area contributed by atoms with Crippen LogP contribution in [0.25, 0.3) is 0 Å². The zero-order chi connectivity index (χ0) is 16.4. The SMILES string of the molecule is Cc1cc(C(=O)Nc2ncn(Cc3ccc(Cl)cc3)n2)nn1C. The molecule has 3 aromatic rings. The van der Waals surface area contributed by atoms with E-state index in [4.69, 9.17) is 11.6 Å². The van der Waals surface area contributed by atoms with Crippen LogP contribution in [-0.4, -0.2) is 30.5 Å². The van der Waals surface area contributed by atoms with E-state index in [9.17, 15) is 4.79 Å². The smallest absolute Gasteiger partial charge is 0.278 e. The zero-order valence-corrected chi connectivity index (χ0v) is 13.4. The first-order valence-corrected chi connectivity index (χ1v) is 7.35. The van der Waals surface area contributed by atoms with E-state index in [0.29, 0.717) is 17.3 Å². The first kappa shape index (κ1) is 15.2. The lowest BCUT2D eigenvalue weighted by Gasteiger charge is -2.01. The second-order valence-electron chi connectivity index (χ2n) is 5.14. The molecule has 3 rings (SSSR count). The number of hydrogen-bond acceptors (Lipinski definition) is 4. The molecule has 2 heterocycles. The second-order valence-corrected chi connectivity index (χ2v) is 5.58. The maximum atomic E-state index is 12.1. The summed E-state index contributed by atoms with van der Waals surface area (Å²) in [5, 5.41) is 11.7. The van der Waals surface area contributed by atoms with Crippen molar-refractivity contribution in [2.24, 2.45) is 7.05 Å².